The Hall–Kier alpha value is -3.80. The third-order valence-electron chi connectivity index (χ3n) is 5.70. The number of benzene rings is 2. The van der Waals surface area contributed by atoms with Crippen LogP contribution in [0.1, 0.15) is 30.9 Å². The third-order valence-corrected chi connectivity index (χ3v) is 5.70. The molecule has 1 N–H and O–H groups in total. The van der Waals surface area contributed by atoms with Crippen LogP contribution in [-0.2, 0) is 25.5 Å². The van der Waals surface area contributed by atoms with Gasteiger partial charge in [0.2, 0.25) is 0 Å². The van der Waals surface area contributed by atoms with Gasteiger partial charge in [-0.05, 0) is 37.5 Å². The van der Waals surface area contributed by atoms with Gasteiger partial charge in [-0.15, -0.1) is 0 Å². The first kappa shape index (κ1) is 22.4. The molecule has 2 heterocycles. The van der Waals surface area contributed by atoms with Crippen LogP contribution in [0.5, 0.6) is 0 Å². The van der Waals surface area contributed by atoms with Crippen LogP contribution in [0.2, 0.25) is 0 Å². The number of carbonyl (C=O) groups is 2. The Morgan fingerprint density at radius 3 is 2.12 bits per heavy atom. The van der Waals surface area contributed by atoms with Crippen molar-refractivity contribution < 1.29 is 19.1 Å². The molecule has 1 aliphatic heterocycles. The van der Waals surface area contributed by atoms with Crippen molar-refractivity contribution in [2.24, 2.45) is 0 Å². The Morgan fingerprint density at radius 2 is 1.48 bits per heavy atom. The monoisotopic (exact) mass is 444 g/mol. The summed E-state index contributed by atoms with van der Waals surface area (Å²) >= 11 is 0. The molecule has 33 heavy (non-hydrogen) atoms. The predicted octanol–water partition coefficient (Wildman–Crippen LogP) is 4.70. The fourth-order valence-electron chi connectivity index (χ4n) is 4.20. The first-order valence-electron chi connectivity index (χ1n) is 11.3. The Morgan fingerprint density at radius 1 is 0.879 bits per heavy atom. The average Bonchev–Trinajstić information content (AvgIpc) is 3.26. The summed E-state index contributed by atoms with van der Waals surface area (Å²) in [6, 6.07) is 17.7. The van der Waals surface area contributed by atoms with Gasteiger partial charge in [-0.25, -0.2) is 9.59 Å². The summed E-state index contributed by atoms with van der Waals surface area (Å²) in [7, 11) is 0. The van der Waals surface area contributed by atoms with Gasteiger partial charge in [0, 0.05) is 36.0 Å². The molecule has 0 aliphatic carbocycles. The van der Waals surface area contributed by atoms with E-state index >= 15 is 0 Å². The Labute approximate surface area is 193 Å². The molecule has 0 bridgehead atoms. The number of H-pyrrole nitrogens is 1. The Balaban J connectivity index is 1.69. The lowest BCUT2D eigenvalue weighted by atomic mass is 9.83. The number of aromatic nitrogens is 1. The van der Waals surface area contributed by atoms with E-state index in [2.05, 4.69) is 11.1 Å². The first-order chi connectivity index (χ1) is 16.1. The van der Waals surface area contributed by atoms with E-state index in [9.17, 15) is 9.59 Å². The van der Waals surface area contributed by atoms with Crippen molar-refractivity contribution in [1.82, 2.24) is 9.88 Å². The number of hydrogen-bond acceptors (Lipinski definition) is 5. The molecule has 4 rings (SSSR count). The fourth-order valence-corrected chi connectivity index (χ4v) is 4.20. The minimum atomic E-state index is -0.548. The molecule has 0 unspecified atom stereocenters. The molecule has 0 amide bonds. The summed E-state index contributed by atoms with van der Waals surface area (Å²) in [4.78, 5) is 31.1. The molecule has 2 aromatic carbocycles. The van der Waals surface area contributed by atoms with E-state index in [4.69, 9.17) is 9.47 Å². The molecular weight excluding hydrogens is 416 g/mol. The molecule has 0 spiro atoms. The lowest BCUT2D eigenvalue weighted by molar-refractivity contribution is -0.139. The highest BCUT2D eigenvalue weighted by atomic mass is 16.5. The van der Waals surface area contributed by atoms with Gasteiger partial charge in [0.15, 0.2) is 0 Å². The number of rotatable bonds is 8. The van der Waals surface area contributed by atoms with Gasteiger partial charge in [0.25, 0.3) is 0 Å². The molecule has 1 aromatic heterocycles. The normalized spacial score (nSPS) is 14.1. The van der Waals surface area contributed by atoms with Gasteiger partial charge < -0.3 is 19.4 Å². The summed E-state index contributed by atoms with van der Waals surface area (Å²) in [6.45, 7) is 4.65. The molecule has 0 radical (unpaired) electrons. The Bertz CT molecular complexity index is 1160. The van der Waals surface area contributed by atoms with E-state index in [1.807, 2.05) is 59.6 Å². The highest BCUT2D eigenvalue weighted by Crippen LogP contribution is 2.37. The number of aromatic amines is 1. The lowest BCUT2D eigenvalue weighted by Gasteiger charge is -2.30. The fraction of sp³-hybridized carbons (Fsp3) is 0.259. The van der Waals surface area contributed by atoms with Crippen molar-refractivity contribution in [3.8, 4) is 0 Å². The maximum absolute atomic E-state index is 13.0. The van der Waals surface area contributed by atoms with Gasteiger partial charge in [0.1, 0.15) is 0 Å². The van der Waals surface area contributed by atoms with Crippen molar-refractivity contribution in [1.29, 1.82) is 0 Å². The summed E-state index contributed by atoms with van der Waals surface area (Å²) in [5, 5.41) is 1.17. The minimum absolute atomic E-state index is 0.255. The molecule has 0 fully saturated rings. The average molecular weight is 445 g/mol. The van der Waals surface area contributed by atoms with Gasteiger partial charge in [0.05, 0.1) is 30.3 Å². The minimum Gasteiger partial charge on any atom is -0.463 e. The van der Waals surface area contributed by atoms with Gasteiger partial charge in [-0.1, -0.05) is 48.5 Å². The molecule has 1 aliphatic rings. The largest absolute Gasteiger partial charge is 0.463 e. The molecule has 0 atom stereocenters. The van der Waals surface area contributed by atoms with Crippen LogP contribution in [-0.4, -0.2) is 41.6 Å². The second-order valence-corrected chi connectivity index (χ2v) is 7.80. The molecule has 3 aromatic rings. The van der Waals surface area contributed by atoms with E-state index in [0.717, 1.165) is 17.5 Å². The van der Waals surface area contributed by atoms with Crippen LogP contribution >= 0.6 is 0 Å². The second-order valence-electron chi connectivity index (χ2n) is 7.80. The number of nitrogens with zero attached hydrogens (tertiary/aromatic N) is 1. The maximum atomic E-state index is 13.0. The first-order valence-corrected chi connectivity index (χ1v) is 11.3. The van der Waals surface area contributed by atoms with Crippen LogP contribution in [0.3, 0.4) is 0 Å². The molecule has 6 nitrogen and oxygen atoms in total. The van der Waals surface area contributed by atoms with E-state index < -0.39 is 17.9 Å². The summed E-state index contributed by atoms with van der Waals surface area (Å²) in [5.74, 6) is -1.41. The van der Waals surface area contributed by atoms with Crippen molar-refractivity contribution in [3.63, 3.8) is 0 Å². The van der Waals surface area contributed by atoms with Crippen molar-refractivity contribution >= 4 is 22.8 Å². The zero-order chi connectivity index (χ0) is 23.2. The molecule has 0 saturated carbocycles. The lowest BCUT2D eigenvalue weighted by Crippen LogP contribution is -2.30. The number of ether oxygens (including phenoxy) is 2. The van der Waals surface area contributed by atoms with E-state index in [-0.39, 0.29) is 13.2 Å². The van der Waals surface area contributed by atoms with E-state index in [1.54, 1.807) is 26.2 Å². The van der Waals surface area contributed by atoms with Crippen molar-refractivity contribution in [3.05, 3.63) is 95.5 Å². The topological polar surface area (TPSA) is 71.6 Å². The van der Waals surface area contributed by atoms with E-state index in [0.29, 0.717) is 17.7 Å². The quantitative estimate of drug-likeness (QED) is 0.510. The smallest absolute Gasteiger partial charge is 0.336 e. The second kappa shape index (κ2) is 10.2. The van der Waals surface area contributed by atoms with Gasteiger partial charge in [-0.2, -0.15) is 0 Å². The number of hydrogen-bond donors (Lipinski definition) is 1. The predicted molar refractivity (Wildman–Crippen MR) is 127 cm³/mol. The standard InChI is InChI=1S/C27H28N2O4/c1-3-32-26(30)22-17-29(15-14-20-16-28-24-13-9-8-12-21(20)24)18-23(27(31)33-4-2)25(22)19-10-6-5-7-11-19/h5-13,16-18,25,28H,3-4,14-15H2,1-2H3. The number of esters is 2. The van der Waals surface area contributed by atoms with Crippen LogP contribution in [0.15, 0.2) is 84.3 Å². The van der Waals surface area contributed by atoms with Gasteiger partial charge in [-0.3, -0.25) is 0 Å². The number of nitrogens with one attached hydrogen (secondary N) is 1. The summed E-state index contributed by atoms with van der Waals surface area (Å²) in [5.41, 5.74) is 3.95. The molecule has 6 heteroatoms. The number of carbonyl (C=O) groups excluding carboxylic acids is 2. The maximum Gasteiger partial charge on any atom is 0.336 e. The molecular formula is C27H28N2O4. The Kier molecular flexibility index (Phi) is 6.93. The van der Waals surface area contributed by atoms with Crippen LogP contribution in [0.25, 0.3) is 10.9 Å². The third kappa shape index (κ3) is 4.85. The number of para-hydroxylation sites is 1. The summed E-state index contributed by atoms with van der Waals surface area (Å²) < 4.78 is 10.7. The molecule has 170 valence electrons. The SMILES string of the molecule is CCOC(=O)C1=CN(CCc2c[nH]c3ccccc23)C=C(C(=O)OCC)C1c1ccccc1. The molecule has 0 saturated heterocycles. The highest BCUT2D eigenvalue weighted by Gasteiger charge is 2.35. The zero-order valence-corrected chi connectivity index (χ0v) is 18.9. The number of fused-ring (bicyclic) bond motifs is 1. The zero-order valence-electron chi connectivity index (χ0n) is 18.9. The van der Waals surface area contributed by atoms with Gasteiger partial charge >= 0.3 is 11.9 Å². The van der Waals surface area contributed by atoms with Crippen LogP contribution in [0, 0.1) is 0 Å². The van der Waals surface area contributed by atoms with Crippen LogP contribution < -0.4 is 0 Å². The van der Waals surface area contributed by atoms with E-state index in [1.165, 1.54) is 10.9 Å². The van der Waals surface area contributed by atoms with Crippen LogP contribution in [0.4, 0.5) is 0 Å². The summed E-state index contributed by atoms with van der Waals surface area (Å²) in [6.07, 6.45) is 6.34. The highest BCUT2D eigenvalue weighted by molar-refractivity contribution is 5.98. The van der Waals surface area contributed by atoms with Crippen molar-refractivity contribution in [2.75, 3.05) is 19.8 Å². The van der Waals surface area contributed by atoms with Crippen molar-refractivity contribution in [2.45, 2.75) is 26.2 Å².